The average Bonchev–Trinajstić information content (AvgIpc) is 2.47. The molecule has 5 heteroatoms. The standard InChI is InChI=1S/C16H23NO4/c1-5-12-17(13-6-2)14(8-10-15(18)20-4)9-11-16(19)21-7-3/h5-6,14H,1-2,7,9,11-13H2,3-4H3. The summed E-state index contributed by atoms with van der Waals surface area (Å²) in [6.45, 7) is 10.7. The summed E-state index contributed by atoms with van der Waals surface area (Å²) in [5.41, 5.74) is 0. The number of carbonyl (C=O) groups is 2. The highest BCUT2D eigenvalue weighted by atomic mass is 16.5. The molecule has 0 N–H and O–H groups in total. The lowest BCUT2D eigenvalue weighted by molar-refractivity contribution is -0.143. The molecule has 0 bridgehead atoms. The zero-order valence-electron chi connectivity index (χ0n) is 12.8. The van der Waals surface area contributed by atoms with Gasteiger partial charge in [-0.15, -0.1) is 13.2 Å². The van der Waals surface area contributed by atoms with Crippen molar-refractivity contribution in [2.45, 2.75) is 25.8 Å². The normalized spacial score (nSPS) is 11.0. The molecule has 116 valence electrons. The quantitative estimate of drug-likeness (QED) is 0.279. The van der Waals surface area contributed by atoms with Crippen LogP contribution in [0.15, 0.2) is 25.3 Å². The fourth-order valence-corrected chi connectivity index (χ4v) is 1.69. The summed E-state index contributed by atoms with van der Waals surface area (Å²) in [4.78, 5) is 24.6. The maximum atomic E-state index is 11.5. The minimum atomic E-state index is -0.603. The van der Waals surface area contributed by atoms with Crippen molar-refractivity contribution >= 4 is 11.9 Å². The maximum absolute atomic E-state index is 11.5. The van der Waals surface area contributed by atoms with Crippen LogP contribution in [0.4, 0.5) is 0 Å². The van der Waals surface area contributed by atoms with Gasteiger partial charge in [-0.05, 0) is 13.3 Å². The molecular formula is C16H23NO4. The number of hydrogen-bond acceptors (Lipinski definition) is 5. The van der Waals surface area contributed by atoms with Crippen LogP contribution in [0.5, 0.6) is 0 Å². The highest BCUT2D eigenvalue weighted by Gasteiger charge is 2.16. The lowest BCUT2D eigenvalue weighted by Gasteiger charge is -2.25. The predicted octanol–water partition coefficient (Wildman–Crippen LogP) is 1.55. The van der Waals surface area contributed by atoms with Crippen LogP contribution in [0.1, 0.15) is 19.8 Å². The monoisotopic (exact) mass is 293 g/mol. The van der Waals surface area contributed by atoms with Crippen LogP contribution in [-0.2, 0) is 19.1 Å². The van der Waals surface area contributed by atoms with E-state index in [4.69, 9.17) is 4.74 Å². The van der Waals surface area contributed by atoms with Crippen LogP contribution in [-0.4, -0.2) is 49.7 Å². The number of nitrogens with zero attached hydrogens (tertiary/aromatic N) is 1. The molecule has 0 aromatic rings. The molecule has 0 saturated carbocycles. The first-order valence-electron chi connectivity index (χ1n) is 6.79. The van der Waals surface area contributed by atoms with Gasteiger partial charge in [0.2, 0.25) is 0 Å². The lowest BCUT2D eigenvalue weighted by Crippen LogP contribution is -2.35. The van der Waals surface area contributed by atoms with E-state index in [-0.39, 0.29) is 18.4 Å². The van der Waals surface area contributed by atoms with Gasteiger partial charge in [0.05, 0.1) is 19.8 Å². The third-order valence-electron chi connectivity index (χ3n) is 2.62. The van der Waals surface area contributed by atoms with Gasteiger partial charge in [0.1, 0.15) is 0 Å². The summed E-state index contributed by atoms with van der Waals surface area (Å²) in [5.74, 6) is 4.37. The predicted molar refractivity (Wildman–Crippen MR) is 81.4 cm³/mol. The van der Waals surface area contributed by atoms with Gasteiger partial charge in [0.25, 0.3) is 0 Å². The second kappa shape index (κ2) is 11.7. The number of rotatable bonds is 9. The van der Waals surface area contributed by atoms with Gasteiger partial charge in [-0.3, -0.25) is 9.69 Å². The Morgan fingerprint density at radius 1 is 1.29 bits per heavy atom. The van der Waals surface area contributed by atoms with E-state index < -0.39 is 5.97 Å². The molecule has 1 atom stereocenters. The molecule has 0 aliphatic rings. The number of ether oxygens (including phenoxy) is 2. The van der Waals surface area contributed by atoms with Gasteiger partial charge in [-0.2, -0.15) is 0 Å². The van der Waals surface area contributed by atoms with Gasteiger partial charge in [-0.1, -0.05) is 18.1 Å². The molecule has 1 unspecified atom stereocenters. The van der Waals surface area contributed by atoms with E-state index in [2.05, 4.69) is 29.7 Å². The summed E-state index contributed by atoms with van der Waals surface area (Å²) in [5, 5.41) is 0. The summed E-state index contributed by atoms with van der Waals surface area (Å²) >= 11 is 0. The van der Waals surface area contributed by atoms with Crippen LogP contribution in [0.2, 0.25) is 0 Å². The molecule has 5 nitrogen and oxygen atoms in total. The Morgan fingerprint density at radius 2 is 1.90 bits per heavy atom. The van der Waals surface area contributed by atoms with Crippen molar-refractivity contribution in [2.75, 3.05) is 26.8 Å². The van der Waals surface area contributed by atoms with E-state index in [0.717, 1.165) is 0 Å². The van der Waals surface area contributed by atoms with E-state index in [1.54, 1.807) is 19.1 Å². The minimum absolute atomic E-state index is 0.235. The molecule has 0 amide bonds. The van der Waals surface area contributed by atoms with Crippen LogP contribution in [0.3, 0.4) is 0 Å². The minimum Gasteiger partial charge on any atom is -0.466 e. The summed E-state index contributed by atoms with van der Waals surface area (Å²) < 4.78 is 9.40. The van der Waals surface area contributed by atoms with Gasteiger partial charge < -0.3 is 9.47 Å². The largest absolute Gasteiger partial charge is 0.466 e. The Bertz CT molecular complexity index is 410. The molecule has 0 heterocycles. The third kappa shape index (κ3) is 8.66. The number of carbonyl (C=O) groups excluding carboxylic acids is 2. The number of hydrogen-bond donors (Lipinski definition) is 0. The Hall–Kier alpha value is -2.06. The molecule has 21 heavy (non-hydrogen) atoms. The second-order valence-electron chi connectivity index (χ2n) is 4.15. The highest BCUT2D eigenvalue weighted by Crippen LogP contribution is 2.08. The van der Waals surface area contributed by atoms with Gasteiger partial charge >= 0.3 is 11.9 Å². The molecule has 0 aromatic carbocycles. The van der Waals surface area contributed by atoms with Crippen molar-refractivity contribution in [3.8, 4) is 11.8 Å². The Kier molecular flexibility index (Phi) is 10.6. The van der Waals surface area contributed by atoms with Crippen molar-refractivity contribution in [3.63, 3.8) is 0 Å². The lowest BCUT2D eigenvalue weighted by atomic mass is 10.1. The average molecular weight is 293 g/mol. The number of esters is 2. The molecule has 0 radical (unpaired) electrons. The van der Waals surface area contributed by atoms with Gasteiger partial charge in [0.15, 0.2) is 0 Å². The molecular weight excluding hydrogens is 270 g/mol. The van der Waals surface area contributed by atoms with E-state index in [0.29, 0.717) is 26.1 Å². The Morgan fingerprint density at radius 3 is 2.38 bits per heavy atom. The van der Waals surface area contributed by atoms with E-state index in [1.807, 2.05) is 4.90 Å². The first kappa shape index (κ1) is 18.9. The summed E-state index contributed by atoms with van der Waals surface area (Å²) in [6.07, 6.45) is 4.17. The first-order chi connectivity index (χ1) is 10.1. The second-order valence-corrected chi connectivity index (χ2v) is 4.15. The fraction of sp³-hybridized carbons (Fsp3) is 0.500. The molecule has 0 saturated heterocycles. The van der Waals surface area contributed by atoms with Crippen molar-refractivity contribution in [1.82, 2.24) is 4.90 Å². The third-order valence-corrected chi connectivity index (χ3v) is 2.62. The molecule has 0 aliphatic heterocycles. The van der Waals surface area contributed by atoms with Crippen molar-refractivity contribution in [3.05, 3.63) is 25.3 Å². The highest BCUT2D eigenvalue weighted by molar-refractivity contribution is 5.88. The summed E-state index contributed by atoms with van der Waals surface area (Å²) in [6, 6.07) is -0.274. The van der Waals surface area contributed by atoms with Crippen molar-refractivity contribution in [2.24, 2.45) is 0 Å². The smallest absolute Gasteiger partial charge is 0.384 e. The van der Waals surface area contributed by atoms with Crippen LogP contribution >= 0.6 is 0 Å². The fourth-order valence-electron chi connectivity index (χ4n) is 1.69. The van der Waals surface area contributed by atoms with Crippen LogP contribution in [0.25, 0.3) is 0 Å². The SMILES string of the molecule is C=CCN(CC=C)C(C#CC(=O)OC)CCC(=O)OCC. The van der Waals surface area contributed by atoms with Gasteiger partial charge in [-0.25, -0.2) is 4.79 Å². The molecule has 0 fully saturated rings. The Balaban J connectivity index is 4.90. The molecule has 0 aliphatic carbocycles. The topological polar surface area (TPSA) is 55.8 Å². The maximum Gasteiger partial charge on any atom is 0.384 e. The van der Waals surface area contributed by atoms with E-state index >= 15 is 0 Å². The summed E-state index contributed by atoms with van der Waals surface area (Å²) in [7, 11) is 1.27. The Labute approximate surface area is 126 Å². The van der Waals surface area contributed by atoms with Crippen LogP contribution < -0.4 is 0 Å². The number of methoxy groups -OCH3 is 1. The zero-order chi connectivity index (χ0) is 16.1. The first-order valence-corrected chi connectivity index (χ1v) is 6.79. The molecule has 0 aromatic heterocycles. The van der Waals surface area contributed by atoms with E-state index in [9.17, 15) is 9.59 Å². The van der Waals surface area contributed by atoms with E-state index in [1.165, 1.54) is 7.11 Å². The van der Waals surface area contributed by atoms with Crippen molar-refractivity contribution in [1.29, 1.82) is 0 Å². The molecule has 0 rings (SSSR count). The van der Waals surface area contributed by atoms with Gasteiger partial charge in [0, 0.05) is 25.4 Å². The molecule has 0 spiro atoms. The van der Waals surface area contributed by atoms with Crippen LogP contribution in [0, 0.1) is 11.8 Å². The van der Waals surface area contributed by atoms with Crippen molar-refractivity contribution < 1.29 is 19.1 Å². The zero-order valence-corrected chi connectivity index (χ0v) is 12.8.